The molecule has 2 aliphatic rings. The summed E-state index contributed by atoms with van der Waals surface area (Å²) in [5.41, 5.74) is 1.02. The summed E-state index contributed by atoms with van der Waals surface area (Å²) in [4.78, 5) is 14.4. The minimum absolute atomic E-state index is 0.0151. The van der Waals surface area contributed by atoms with Crippen molar-refractivity contribution in [2.45, 2.75) is 31.5 Å². The first-order chi connectivity index (χ1) is 15.1. The predicted octanol–water partition coefficient (Wildman–Crippen LogP) is 2.41. The highest BCUT2D eigenvalue weighted by Crippen LogP contribution is 2.33. The Morgan fingerprint density at radius 3 is 2.68 bits per heavy atom. The molecule has 0 saturated carbocycles. The first-order valence-corrected chi connectivity index (χ1v) is 10.3. The molecule has 0 aromatic heterocycles. The summed E-state index contributed by atoms with van der Waals surface area (Å²) in [6, 6.07) is 11.0. The van der Waals surface area contributed by atoms with Crippen molar-refractivity contribution in [2.24, 2.45) is 0 Å². The van der Waals surface area contributed by atoms with Crippen LogP contribution in [0.4, 0.5) is 0 Å². The molecular weight excluding hydrogens is 402 g/mol. The van der Waals surface area contributed by atoms with E-state index in [0.717, 1.165) is 11.3 Å². The summed E-state index contributed by atoms with van der Waals surface area (Å²) in [7, 11) is 3.13. The molecule has 166 valence electrons. The van der Waals surface area contributed by atoms with Gasteiger partial charge in [0, 0.05) is 25.5 Å². The van der Waals surface area contributed by atoms with E-state index >= 15 is 0 Å². The highest BCUT2D eigenvalue weighted by atomic mass is 16.7. The van der Waals surface area contributed by atoms with E-state index in [9.17, 15) is 9.90 Å². The number of β-amino-alcohol motifs (C(OH)–C–C–N with tert-alkyl or cyclic N) is 1. The highest BCUT2D eigenvalue weighted by Gasteiger charge is 2.31. The van der Waals surface area contributed by atoms with Crippen molar-refractivity contribution in [3.05, 3.63) is 42.0 Å². The number of piperidine rings is 1. The van der Waals surface area contributed by atoms with Gasteiger partial charge in [-0.1, -0.05) is 6.07 Å². The van der Waals surface area contributed by atoms with Gasteiger partial charge in [0.1, 0.15) is 18.0 Å². The van der Waals surface area contributed by atoms with E-state index in [2.05, 4.69) is 0 Å². The van der Waals surface area contributed by atoms with Crippen LogP contribution < -0.4 is 23.7 Å². The number of benzene rings is 2. The van der Waals surface area contributed by atoms with Gasteiger partial charge in [0.05, 0.1) is 20.8 Å². The Bertz CT molecular complexity index is 932. The molecule has 0 bridgehead atoms. The van der Waals surface area contributed by atoms with Crippen molar-refractivity contribution in [1.29, 1.82) is 0 Å². The second kappa shape index (κ2) is 9.34. The lowest BCUT2D eigenvalue weighted by Crippen LogP contribution is -2.51. The zero-order valence-corrected chi connectivity index (χ0v) is 17.7. The number of methoxy groups -OCH3 is 2. The summed E-state index contributed by atoms with van der Waals surface area (Å²) in [6.45, 7) is 1.02. The number of hydrogen-bond acceptors (Lipinski definition) is 7. The number of carbonyl (C=O) groups is 1. The maximum absolute atomic E-state index is 12.7. The second-order valence-electron chi connectivity index (χ2n) is 7.56. The Labute approximate surface area is 181 Å². The van der Waals surface area contributed by atoms with E-state index in [1.165, 1.54) is 0 Å². The van der Waals surface area contributed by atoms with Crippen molar-refractivity contribution in [2.75, 3.05) is 34.1 Å². The number of amides is 1. The molecule has 1 amide bonds. The molecule has 2 aromatic carbocycles. The Balaban J connectivity index is 1.29. The third kappa shape index (κ3) is 4.80. The van der Waals surface area contributed by atoms with Crippen LogP contribution in [0.1, 0.15) is 18.4 Å². The fourth-order valence-electron chi connectivity index (χ4n) is 3.84. The van der Waals surface area contributed by atoms with Crippen LogP contribution in [0.5, 0.6) is 28.7 Å². The first kappa shape index (κ1) is 21.1. The normalized spacial score (nSPS) is 19.8. The zero-order valence-electron chi connectivity index (χ0n) is 17.7. The number of aryl methyl sites for hydroxylation is 1. The third-order valence-corrected chi connectivity index (χ3v) is 5.58. The minimum atomic E-state index is -0.767. The van der Waals surface area contributed by atoms with E-state index in [1.54, 1.807) is 37.3 Å². The number of aliphatic hydroxyl groups is 1. The fraction of sp³-hybridized carbons (Fsp3) is 0.435. The van der Waals surface area contributed by atoms with Crippen molar-refractivity contribution in [3.63, 3.8) is 0 Å². The fourth-order valence-corrected chi connectivity index (χ4v) is 3.84. The molecular formula is C23H27NO7. The van der Waals surface area contributed by atoms with Crippen LogP contribution in [0.15, 0.2) is 36.4 Å². The number of nitrogens with zero attached hydrogens (tertiary/aromatic N) is 1. The number of aliphatic hydroxyl groups excluding tert-OH is 1. The van der Waals surface area contributed by atoms with Crippen molar-refractivity contribution < 1.29 is 33.6 Å². The van der Waals surface area contributed by atoms with Gasteiger partial charge in [-0.05, 0) is 36.2 Å². The number of hydrogen-bond donors (Lipinski definition) is 1. The summed E-state index contributed by atoms with van der Waals surface area (Å²) >= 11 is 0. The zero-order chi connectivity index (χ0) is 21.8. The van der Waals surface area contributed by atoms with Gasteiger partial charge in [-0.25, -0.2) is 0 Å². The Kier molecular flexibility index (Phi) is 6.36. The van der Waals surface area contributed by atoms with E-state index < -0.39 is 12.2 Å². The SMILES string of the molecule is COc1ccc(O[C@@H]2CCN(C(=O)CCc3ccc4c(c3)OCO4)C[C@H]2O)cc1OC. The number of carbonyl (C=O) groups excluding carboxylic acids is 1. The Hall–Kier alpha value is -3.13. The van der Waals surface area contributed by atoms with Crippen LogP contribution >= 0.6 is 0 Å². The van der Waals surface area contributed by atoms with Gasteiger partial charge in [0.15, 0.2) is 23.0 Å². The van der Waals surface area contributed by atoms with Crippen LogP contribution in [0.2, 0.25) is 0 Å². The molecule has 1 N–H and O–H groups in total. The maximum Gasteiger partial charge on any atom is 0.231 e. The molecule has 8 heteroatoms. The highest BCUT2D eigenvalue weighted by molar-refractivity contribution is 5.76. The second-order valence-corrected chi connectivity index (χ2v) is 7.56. The quantitative estimate of drug-likeness (QED) is 0.723. The van der Waals surface area contributed by atoms with Crippen molar-refractivity contribution in [3.8, 4) is 28.7 Å². The van der Waals surface area contributed by atoms with E-state index in [4.69, 9.17) is 23.7 Å². The number of rotatable bonds is 7. The van der Waals surface area contributed by atoms with Gasteiger partial charge in [0.2, 0.25) is 12.7 Å². The summed E-state index contributed by atoms with van der Waals surface area (Å²) in [6.07, 6.45) is 0.360. The maximum atomic E-state index is 12.7. The predicted molar refractivity (Wildman–Crippen MR) is 112 cm³/mol. The average Bonchev–Trinajstić information content (AvgIpc) is 3.26. The molecule has 1 fully saturated rings. The molecule has 2 atom stereocenters. The number of fused-ring (bicyclic) bond motifs is 1. The molecule has 1 saturated heterocycles. The molecule has 2 aliphatic heterocycles. The van der Waals surface area contributed by atoms with Crippen LogP contribution in [0.3, 0.4) is 0 Å². The van der Waals surface area contributed by atoms with E-state index in [0.29, 0.717) is 48.8 Å². The van der Waals surface area contributed by atoms with Gasteiger partial charge < -0.3 is 33.7 Å². The third-order valence-electron chi connectivity index (χ3n) is 5.58. The van der Waals surface area contributed by atoms with E-state index in [1.807, 2.05) is 18.2 Å². The van der Waals surface area contributed by atoms with Crippen LogP contribution in [0, 0.1) is 0 Å². The number of likely N-dealkylation sites (tertiary alicyclic amines) is 1. The molecule has 4 rings (SSSR count). The first-order valence-electron chi connectivity index (χ1n) is 10.3. The largest absolute Gasteiger partial charge is 0.493 e. The average molecular weight is 429 g/mol. The van der Waals surface area contributed by atoms with Crippen LogP contribution in [-0.4, -0.2) is 62.2 Å². The lowest BCUT2D eigenvalue weighted by molar-refractivity contribution is -0.137. The standard InChI is InChI=1S/C23H27NO7/c1-27-19-7-5-16(12-21(19)28-2)31-18-9-10-24(13-17(18)25)23(26)8-4-15-3-6-20-22(11-15)30-14-29-20/h3,5-7,11-12,17-18,25H,4,8-10,13-14H2,1-2H3/t17-,18-/m1/s1. The summed E-state index contributed by atoms with van der Waals surface area (Å²) in [5.74, 6) is 3.22. The smallest absolute Gasteiger partial charge is 0.231 e. The lowest BCUT2D eigenvalue weighted by atomic mass is 10.0. The summed E-state index contributed by atoms with van der Waals surface area (Å²) < 4.78 is 27.2. The van der Waals surface area contributed by atoms with Gasteiger partial charge in [-0.3, -0.25) is 4.79 Å². The van der Waals surface area contributed by atoms with Gasteiger partial charge in [-0.15, -0.1) is 0 Å². The van der Waals surface area contributed by atoms with Gasteiger partial charge in [-0.2, -0.15) is 0 Å². The number of ether oxygens (including phenoxy) is 5. The van der Waals surface area contributed by atoms with Gasteiger partial charge in [0.25, 0.3) is 0 Å². The lowest BCUT2D eigenvalue weighted by Gasteiger charge is -2.36. The van der Waals surface area contributed by atoms with E-state index in [-0.39, 0.29) is 19.2 Å². The Morgan fingerprint density at radius 2 is 1.90 bits per heavy atom. The topological polar surface area (TPSA) is 86.7 Å². The molecule has 2 aromatic rings. The summed E-state index contributed by atoms with van der Waals surface area (Å²) in [5, 5.41) is 10.6. The molecule has 2 heterocycles. The van der Waals surface area contributed by atoms with Crippen molar-refractivity contribution in [1.82, 2.24) is 4.90 Å². The molecule has 31 heavy (non-hydrogen) atoms. The van der Waals surface area contributed by atoms with Gasteiger partial charge >= 0.3 is 0 Å². The molecule has 0 aliphatic carbocycles. The van der Waals surface area contributed by atoms with Crippen LogP contribution in [0.25, 0.3) is 0 Å². The van der Waals surface area contributed by atoms with Crippen molar-refractivity contribution >= 4 is 5.91 Å². The molecule has 0 unspecified atom stereocenters. The molecule has 0 spiro atoms. The van der Waals surface area contributed by atoms with Crippen LogP contribution in [-0.2, 0) is 11.2 Å². The minimum Gasteiger partial charge on any atom is -0.493 e. The monoisotopic (exact) mass is 429 g/mol. The molecule has 8 nitrogen and oxygen atoms in total. The Morgan fingerprint density at radius 1 is 1.10 bits per heavy atom. The molecule has 0 radical (unpaired) electrons.